The van der Waals surface area contributed by atoms with Crippen LogP contribution in [0.2, 0.25) is 0 Å². The normalized spacial score (nSPS) is 18.2. The third-order valence-electron chi connectivity index (χ3n) is 4.05. The maximum absolute atomic E-state index is 12.9. The van der Waals surface area contributed by atoms with Gasteiger partial charge in [0.25, 0.3) is 0 Å². The number of carbonyl (C=O) groups is 1. The van der Waals surface area contributed by atoms with Crippen LogP contribution in [0.15, 0.2) is 48.6 Å². The summed E-state index contributed by atoms with van der Waals surface area (Å²) >= 11 is 0. The first-order chi connectivity index (χ1) is 10.6. The van der Waals surface area contributed by atoms with Crippen LogP contribution in [0.4, 0.5) is 4.39 Å². The number of hydrogen-bond donors (Lipinski definition) is 1. The molecule has 0 radical (unpaired) electrons. The van der Waals surface area contributed by atoms with E-state index in [1.807, 2.05) is 19.1 Å². The SMILES string of the molecule is CC=CC=CC(=O)N1CCC(C(O)c2ccc(F)cc2)CC1. The van der Waals surface area contributed by atoms with Crippen LogP contribution >= 0.6 is 0 Å². The van der Waals surface area contributed by atoms with Gasteiger partial charge in [0, 0.05) is 19.2 Å². The lowest BCUT2D eigenvalue weighted by atomic mass is 9.87. The molecule has 0 aromatic heterocycles. The number of benzene rings is 1. The molecule has 1 aliphatic heterocycles. The van der Waals surface area contributed by atoms with Crippen molar-refractivity contribution in [2.45, 2.75) is 25.9 Å². The molecule has 1 unspecified atom stereocenters. The van der Waals surface area contributed by atoms with Crippen molar-refractivity contribution >= 4 is 5.91 Å². The van der Waals surface area contributed by atoms with Crippen LogP contribution in [0, 0.1) is 11.7 Å². The number of carbonyl (C=O) groups excluding carboxylic acids is 1. The summed E-state index contributed by atoms with van der Waals surface area (Å²) in [6, 6.07) is 5.97. The highest BCUT2D eigenvalue weighted by Crippen LogP contribution is 2.30. The number of likely N-dealkylation sites (tertiary alicyclic amines) is 1. The van der Waals surface area contributed by atoms with Crippen molar-refractivity contribution in [1.82, 2.24) is 4.90 Å². The van der Waals surface area contributed by atoms with E-state index in [1.165, 1.54) is 12.1 Å². The van der Waals surface area contributed by atoms with E-state index in [1.54, 1.807) is 29.2 Å². The molecule has 4 heteroatoms. The van der Waals surface area contributed by atoms with Gasteiger partial charge in [-0.2, -0.15) is 0 Å². The van der Waals surface area contributed by atoms with Crippen molar-refractivity contribution in [2.24, 2.45) is 5.92 Å². The number of aliphatic hydroxyl groups is 1. The summed E-state index contributed by atoms with van der Waals surface area (Å²) in [4.78, 5) is 13.8. The maximum atomic E-state index is 12.9. The third kappa shape index (κ3) is 4.28. The minimum Gasteiger partial charge on any atom is -0.388 e. The molecule has 22 heavy (non-hydrogen) atoms. The topological polar surface area (TPSA) is 40.5 Å². The van der Waals surface area contributed by atoms with Crippen molar-refractivity contribution < 1.29 is 14.3 Å². The zero-order chi connectivity index (χ0) is 15.9. The Kier molecular flexibility index (Phi) is 5.90. The summed E-state index contributed by atoms with van der Waals surface area (Å²) in [5.74, 6) is -0.189. The van der Waals surface area contributed by atoms with Crippen LogP contribution in [0.3, 0.4) is 0 Å². The van der Waals surface area contributed by atoms with Gasteiger partial charge < -0.3 is 10.0 Å². The third-order valence-corrected chi connectivity index (χ3v) is 4.05. The summed E-state index contributed by atoms with van der Waals surface area (Å²) in [6.45, 7) is 3.18. The average molecular weight is 303 g/mol. The van der Waals surface area contributed by atoms with E-state index in [9.17, 15) is 14.3 Å². The van der Waals surface area contributed by atoms with Gasteiger partial charge in [0.1, 0.15) is 5.82 Å². The average Bonchev–Trinajstić information content (AvgIpc) is 2.55. The Bertz CT molecular complexity index is 543. The van der Waals surface area contributed by atoms with Gasteiger partial charge in [-0.15, -0.1) is 0 Å². The highest BCUT2D eigenvalue weighted by molar-refractivity contribution is 5.87. The molecule has 0 bridgehead atoms. The second-order valence-electron chi connectivity index (χ2n) is 5.54. The first-order valence-electron chi connectivity index (χ1n) is 7.63. The van der Waals surface area contributed by atoms with Crippen LogP contribution in [0.25, 0.3) is 0 Å². The lowest BCUT2D eigenvalue weighted by molar-refractivity contribution is -0.128. The van der Waals surface area contributed by atoms with Crippen molar-refractivity contribution in [3.63, 3.8) is 0 Å². The van der Waals surface area contributed by atoms with Crippen molar-refractivity contribution in [2.75, 3.05) is 13.1 Å². The summed E-state index contributed by atoms with van der Waals surface area (Å²) in [7, 11) is 0. The predicted molar refractivity (Wildman–Crippen MR) is 84.6 cm³/mol. The zero-order valence-electron chi connectivity index (χ0n) is 12.8. The molecule has 0 spiro atoms. The number of hydrogen-bond acceptors (Lipinski definition) is 2. The number of halogens is 1. The second-order valence-corrected chi connectivity index (χ2v) is 5.54. The first kappa shape index (κ1) is 16.4. The van der Waals surface area contributed by atoms with Gasteiger partial charge in [-0.3, -0.25) is 4.79 Å². The second kappa shape index (κ2) is 7.90. The molecule has 1 N–H and O–H groups in total. The fourth-order valence-electron chi connectivity index (χ4n) is 2.72. The van der Waals surface area contributed by atoms with E-state index in [0.717, 1.165) is 18.4 Å². The van der Waals surface area contributed by atoms with Gasteiger partial charge in [0.05, 0.1) is 6.10 Å². The number of piperidine rings is 1. The van der Waals surface area contributed by atoms with Crippen LogP contribution in [-0.4, -0.2) is 29.0 Å². The summed E-state index contributed by atoms with van der Waals surface area (Å²) in [6.07, 6.45) is 7.90. The van der Waals surface area contributed by atoms with E-state index in [0.29, 0.717) is 13.1 Å². The Hall–Kier alpha value is -1.94. The number of nitrogens with zero attached hydrogens (tertiary/aromatic N) is 1. The quantitative estimate of drug-likeness (QED) is 0.685. The molecule has 1 atom stereocenters. The Morgan fingerprint density at radius 2 is 1.91 bits per heavy atom. The molecule has 3 nitrogen and oxygen atoms in total. The minimum atomic E-state index is -0.601. The molecule has 0 saturated carbocycles. The molecular formula is C18H22FNO2. The summed E-state index contributed by atoms with van der Waals surface area (Å²) < 4.78 is 12.9. The number of allylic oxidation sites excluding steroid dienone is 3. The zero-order valence-corrected chi connectivity index (χ0v) is 12.8. The Morgan fingerprint density at radius 1 is 1.27 bits per heavy atom. The molecule has 1 heterocycles. The van der Waals surface area contributed by atoms with E-state index in [4.69, 9.17) is 0 Å². The number of aliphatic hydroxyl groups excluding tert-OH is 1. The molecule has 2 rings (SSSR count). The fourth-order valence-corrected chi connectivity index (χ4v) is 2.72. The maximum Gasteiger partial charge on any atom is 0.246 e. The van der Waals surface area contributed by atoms with Gasteiger partial charge in [-0.05, 0) is 43.4 Å². The molecule has 1 amide bonds. The van der Waals surface area contributed by atoms with Gasteiger partial charge >= 0.3 is 0 Å². The smallest absolute Gasteiger partial charge is 0.246 e. The van der Waals surface area contributed by atoms with Gasteiger partial charge in [-0.25, -0.2) is 4.39 Å². The Labute approximate surface area is 130 Å². The predicted octanol–water partition coefficient (Wildman–Crippen LogP) is 3.23. The summed E-state index contributed by atoms with van der Waals surface area (Å²) in [5.41, 5.74) is 0.735. The van der Waals surface area contributed by atoms with Crippen molar-refractivity contribution in [1.29, 1.82) is 0 Å². The van der Waals surface area contributed by atoms with Gasteiger partial charge in [0.2, 0.25) is 5.91 Å². The van der Waals surface area contributed by atoms with Gasteiger partial charge in [0.15, 0.2) is 0 Å². The van der Waals surface area contributed by atoms with Crippen molar-refractivity contribution in [3.8, 4) is 0 Å². The van der Waals surface area contributed by atoms with Crippen LogP contribution < -0.4 is 0 Å². The largest absolute Gasteiger partial charge is 0.388 e. The number of rotatable bonds is 4. The highest BCUT2D eigenvalue weighted by atomic mass is 19.1. The summed E-state index contributed by atoms with van der Waals surface area (Å²) in [5, 5.41) is 10.4. The van der Waals surface area contributed by atoms with Gasteiger partial charge in [-0.1, -0.05) is 30.4 Å². The molecule has 1 aromatic carbocycles. The van der Waals surface area contributed by atoms with Crippen LogP contribution in [0.5, 0.6) is 0 Å². The van der Waals surface area contributed by atoms with E-state index in [-0.39, 0.29) is 17.6 Å². The van der Waals surface area contributed by atoms with E-state index in [2.05, 4.69) is 0 Å². The molecule has 1 aromatic rings. The van der Waals surface area contributed by atoms with Crippen LogP contribution in [-0.2, 0) is 4.79 Å². The molecule has 0 aliphatic carbocycles. The molecule has 1 saturated heterocycles. The molecule has 1 fully saturated rings. The highest BCUT2D eigenvalue weighted by Gasteiger charge is 2.27. The Balaban J connectivity index is 1.88. The van der Waals surface area contributed by atoms with E-state index >= 15 is 0 Å². The molecule has 118 valence electrons. The number of amides is 1. The first-order valence-corrected chi connectivity index (χ1v) is 7.63. The lowest BCUT2D eigenvalue weighted by Gasteiger charge is -2.33. The van der Waals surface area contributed by atoms with E-state index < -0.39 is 6.10 Å². The lowest BCUT2D eigenvalue weighted by Crippen LogP contribution is -2.38. The molecule has 1 aliphatic rings. The standard InChI is InChI=1S/C18H22FNO2/c1-2-3-4-5-17(21)20-12-10-15(11-13-20)18(22)14-6-8-16(19)9-7-14/h2-9,15,18,22H,10-13H2,1H3. The molecular weight excluding hydrogens is 281 g/mol. The minimum absolute atomic E-state index is 0.00724. The Morgan fingerprint density at radius 3 is 2.50 bits per heavy atom. The fraction of sp³-hybridized carbons (Fsp3) is 0.389. The van der Waals surface area contributed by atoms with Crippen molar-refractivity contribution in [3.05, 3.63) is 60.0 Å². The van der Waals surface area contributed by atoms with Crippen LogP contribution in [0.1, 0.15) is 31.4 Å². The monoisotopic (exact) mass is 303 g/mol.